The van der Waals surface area contributed by atoms with E-state index in [0.717, 1.165) is 6.61 Å². The number of hydrogen-bond donors (Lipinski definition) is 0. The Labute approximate surface area is 110 Å². The zero-order valence-corrected chi connectivity index (χ0v) is 14.3. The van der Waals surface area contributed by atoms with Crippen LogP contribution in [0.5, 0.6) is 0 Å². The molecule has 0 unspecified atom stereocenters. The minimum Gasteiger partial charge on any atom is -0.416 e. The third-order valence-corrected chi connectivity index (χ3v) is 7.89. The van der Waals surface area contributed by atoms with Crippen LogP contribution < -0.4 is 0 Å². The molecule has 0 aromatic carbocycles. The zero-order valence-electron chi connectivity index (χ0n) is 11.1. The quantitative estimate of drug-likeness (QED) is 0.518. The molecule has 0 bridgehead atoms. The van der Waals surface area contributed by atoms with E-state index in [1.54, 1.807) is 0 Å². The van der Waals surface area contributed by atoms with Crippen LogP contribution in [-0.4, -0.2) is 14.9 Å². The molecule has 0 aromatic heterocycles. The van der Waals surface area contributed by atoms with E-state index in [2.05, 4.69) is 76.4 Å². The van der Waals surface area contributed by atoms with Crippen molar-refractivity contribution >= 4 is 30.9 Å². The zero-order chi connectivity index (χ0) is 12.3. The van der Waals surface area contributed by atoms with Crippen LogP contribution in [0.2, 0.25) is 18.1 Å². The molecule has 0 saturated carbocycles. The van der Waals surface area contributed by atoms with Gasteiger partial charge in [-0.15, -0.1) is 0 Å². The maximum absolute atomic E-state index is 6.15. The molecule has 1 atom stereocenters. The lowest BCUT2D eigenvalue weighted by Gasteiger charge is -2.36. The first kappa shape index (κ1) is 15.6. The Kier molecular flexibility index (Phi) is 6.07. The molecule has 0 heterocycles. The Morgan fingerprint density at radius 3 is 2.20 bits per heavy atom. The third-order valence-electron chi connectivity index (χ3n) is 3.03. The van der Waals surface area contributed by atoms with Gasteiger partial charge in [-0.25, -0.2) is 0 Å². The summed E-state index contributed by atoms with van der Waals surface area (Å²) in [5.41, 5.74) is 0. The monoisotopic (exact) mass is 340 g/mol. The Balaban J connectivity index is 4.22. The molecule has 15 heavy (non-hydrogen) atoms. The van der Waals surface area contributed by atoms with Gasteiger partial charge in [0.15, 0.2) is 8.32 Å². The standard InChI is InChI=1S/C12H25IOSi/c1-10(8-11(2)13)9-14-15(6,7)12(3,4)5/h8,10H,9H2,1-7H3/b11-8-/t10-/m0/s1. The van der Waals surface area contributed by atoms with E-state index in [-0.39, 0.29) is 0 Å². The molecule has 90 valence electrons. The number of rotatable bonds is 4. The second-order valence-corrected chi connectivity index (χ2v) is 12.3. The van der Waals surface area contributed by atoms with Crippen molar-refractivity contribution in [2.24, 2.45) is 5.92 Å². The first-order valence-electron chi connectivity index (χ1n) is 5.54. The first-order valence-corrected chi connectivity index (χ1v) is 9.53. The van der Waals surface area contributed by atoms with Gasteiger partial charge in [0, 0.05) is 6.61 Å². The summed E-state index contributed by atoms with van der Waals surface area (Å²) in [5.74, 6) is 0.524. The minimum absolute atomic E-state index is 0.315. The van der Waals surface area contributed by atoms with Crippen LogP contribution >= 0.6 is 22.6 Å². The lowest BCUT2D eigenvalue weighted by molar-refractivity contribution is 0.259. The fourth-order valence-corrected chi connectivity index (χ4v) is 2.72. The summed E-state index contributed by atoms with van der Waals surface area (Å²) < 4.78 is 7.49. The van der Waals surface area contributed by atoms with Gasteiger partial charge < -0.3 is 4.43 Å². The van der Waals surface area contributed by atoms with Crippen LogP contribution in [0.3, 0.4) is 0 Å². The summed E-state index contributed by atoms with van der Waals surface area (Å²) in [6.45, 7) is 16.7. The molecule has 0 aliphatic heterocycles. The van der Waals surface area contributed by atoms with Crippen LogP contribution in [-0.2, 0) is 4.43 Å². The average molecular weight is 340 g/mol. The van der Waals surface area contributed by atoms with Crippen molar-refractivity contribution < 1.29 is 4.43 Å². The van der Waals surface area contributed by atoms with E-state index in [1.807, 2.05) is 0 Å². The topological polar surface area (TPSA) is 9.23 Å². The molecule has 0 radical (unpaired) electrons. The molecule has 1 nitrogen and oxygen atoms in total. The average Bonchev–Trinajstić information content (AvgIpc) is 1.97. The SMILES string of the molecule is C/C(I)=C/[C@H](C)CO[Si](C)(C)C(C)(C)C. The number of halogens is 1. The van der Waals surface area contributed by atoms with Gasteiger partial charge in [0.05, 0.1) is 0 Å². The van der Waals surface area contributed by atoms with Crippen LogP contribution in [0.25, 0.3) is 0 Å². The van der Waals surface area contributed by atoms with Crippen LogP contribution in [0.1, 0.15) is 34.6 Å². The van der Waals surface area contributed by atoms with Crippen LogP contribution in [0, 0.1) is 5.92 Å². The molecule has 0 rings (SSSR count). The summed E-state index contributed by atoms with van der Waals surface area (Å²) >= 11 is 2.35. The normalized spacial score (nSPS) is 16.7. The molecule has 3 heteroatoms. The molecule has 0 aliphatic rings. The van der Waals surface area contributed by atoms with E-state index >= 15 is 0 Å². The molecular formula is C12H25IOSi. The van der Waals surface area contributed by atoms with Gasteiger partial charge in [0.2, 0.25) is 0 Å². The Hall–Kier alpha value is 0.647. The van der Waals surface area contributed by atoms with Crippen molar-refractivity contribution in [1.29, 1.82) is 0 Å². The molecule has 0 fully saturated rings. The smallest absolute Gasteiger partial charge is 0.192 e. The summed E-state index contributed by atoms with van der Waals surface area (Å²) in [5, 5.41) is 0.315. The number of allylic oxidation sites excluding steroid dienone is 1. The first-order chi connectivity index (χ1) is 6.56. The predicted octanol–water partition coefficient (Wildman–Crippen LogP) is 4.98. The molecule has 0 saturated heterocycles. The highest BCUT2D eigenvalue weighted by Gasteiger charge is 2.37. The fourth-order valence-electron chi connectivity index (χ4n) is 0.996. The lowest BCUT2D eigenvalue weighted by atomic mass is 10.2. The van der Waals surface area contributed by atoms with Gasteiger partial charge in [-0.1, -0.05) is 33.8 Å². The molecule has 0 aromatic rings. The minimum atomic E-state index is -1.55. The number of hydrogen-bond acceptors (Lipinski definition) is 1. The lowest BCUT2D eigenvalue weighted by Crippen LogP contribution is -2.41. The predicted molar refractivity (Wildman–Crippen MR) is 80.1 cm³/mol. The van der Waals surface area contributed by atoms with Crippen molar-refractivity contribution in [3.63, 3.8) is 0 Å². The van der Waals surface area contributed by atoms with E-state index < -0.39 is 8.32 Å². The van der Waals surface area contributed by atoms with E-state index in [0.29, 0.717) is 11.0 Å². The Bertz CT molecular complexity index is 224. The van der Waals surface area contributed by atoms with Crippen LogP contribution in [0.15, 0.2) is 9.66 Å². The molecule has 0 N–H and O–H groups in total. The van der Waals surface area contributed by atoms with Gasteiger partial charge >= 0.3 is 0 Å². The molecule has 0 aliphatic carbocycles. The van der Waals surface area contributed by atoms with Gasteiger partial charge in [-0.3, -0.25) is 0 Å². The highest BCUT2D eigenvalue weighted by atomic mass is 127. The van der Waals surface area contributed by atoms with Crippen molar-refractivity contribution in [3.05, 3.63) is 9.66 Å². The van der Waals surface area contributed by atoms with Gasteiger partial charge in [0.1, 0.15) is 0 Å². The highest BCUT2D eigenvalue weighted by molar-refractivity contribution is 14.1. The summed E-state index contributed by atoms with van der Waals surface area (Å²) in [7, 11) is -1.55. The second kappa shape index (κ2) is 5.82. The van der Waals surface area contributed by atoms with Crippen molar-refractivity contribution in [3.8, 4) is 0 Å². The molecule has 0 spiro atoms. The van der Waals surface area contributed by atoms with Gasteiger partial charge in [-0.2, -0.15) is 0 Å². The van der Waals surface area contributed by atoms with Crippen molar-refractivity contribution in [2.45, 2.75) is 52.8 Å². The maximum Gasteiger partial charge on any atom is 0.192 e. The van der Waals surface area contributed by atoms with E-state index in [4.69, 9.17) is 4.43 Å². The van der Waals surface area contributed by atoms with Gasteiger partial charge in [-0.05, 0) is 57.1 Å². The summed E-state index contributed by atoms with van der Waals surface area (Å²) in [4.78, 5) is 0. The summed E-state index contributed by atoms with van der Waals surface area (Å²) in [6, 6.07) is 0. The second-order valence-electron chi connectivity index (χ2n) is 5.80. The van der Waals surface area contributed by atoms with Crippen LogP contribution in [0.4, 0.5) is 0 Å². The Morgan fingerprint density at radius 1 is 1.40 bits per heavy atom. The van der Waals surface area contributed by atoms with Gasteiger partial charge in [0.25, 0.3) is 0 Å². The fraction of sp³-hybridized carbons (Fsp3) is 0.833. The van der Waals surface area contributed by atoms with E-state index in [9.17, 15) is 0 Å². The van der Waals surface area contributed by atoms with E-state index in [1.165, 1.54) is 3.58 Å². The molecular weight excluding hydrogens is 315 g/mol. The van der Waals surface area contributed by atoms with Crippen molar-refractivity contribution in [2.75, 3.05) is 6.61 Å². The Morgan fingerprint density at radius 2 is 1.87 bits per heavy atom. The largest absolute Gasteiger partial charge is 0.416 e. The maximum atomic E-state index is 6.15. The molecule has 0 amide bonds. The summed E-state index contributed by atoms with van der Waals surface area (Å²) in [6.07, 6.45) is 2.27. The van der Waals surface area contributed by atoms with Crippen molar-refractivity contribution in [1.82, 2.24) is 0 Å². The highest BCUT2D eigenvalue weighted by Crippen LogP contribution is 2.36. The third kappa shape index (κ3) is 6.07.